The number of benzene rings is 2. The molecule has 0 heterocycles. The number of nitrogens with zero attached hydrogens (tertiary/aromatic N) is 2. The van der Waals surface area contributed by atoms with Gasteiger partial charge < -0.3 is 15.0 Å². The Bertz CT molecular complexity index is 1160. The van der Waals surface area contributed by atoms with Crippen molar-refractivity contribution in [3.05, 3.63) is 59.7 Å². The van der Waals surface area contributed by atoms with Crippen molar-refractivity contribution in [3.8, 4) is 5.75 Å². The molecule has 0 radical (unpaired) electrons. The molecule has 196 valence electrons. The molecule has 0 unspecified atom stereocenters. The third-order valence-electron chi connectivity index (χ3n) is 6.57. The number of amides is 2. The van der Waals surface area contributed by atoms with Crippen LogP contribution in [-0.2, 0) is 26.2 Å². The van der Waals surface area contributed by atoms with E-state index in [0.29, 0.717) is 11.4 Å². The SMILES string of the molecule is COc1cccc(CN(C(=O)CN(c2cccc(C)c2)S(C)(=O)=O)[C@@H](C)C(=O)NC2CCCCC2)c1. The summed E-state index contributed by atoms with van der Waals surface area (Å²) in [5.74, 6) is -0.0626. The molecule has 2 amide bonds. The van der Waals surface area contributed by atoms with Crippen molar-refractivity contribution in [1.82, 2.24) is 10.2 Å². The summed E-state index contributed by atoms with van der Waals surface area (Å²) < 4.78 is 31.7. The average molecular weight is 516 g/mol. The molecule has 1 aliphatic rings. The maximum atomic E-state index is 13.7. The second-order valence-electron chi connectivity index (χ2n) is 9.50. The van der Waals surface area contributed by atoms with Crippen LogP contribution in [0.2, 0.25) is 0 Å². The highest BCUT2D eigenvalue weighted by molar-refractivity contribution is 7.92. The Morgan fingerprint density at radius 3 is 2.42 bits per heavy atom. The Hall–Kier alpha value is -3.07. The molecule has 2 aromatic carbocycles. The number of carbonyl (C=O) groups excluding carboxylic acids is 2. The molecule has 0 bridgehead atoms. The summed E-state index contributed by atoms with van der Waals surface area (Å²) >= 11 is 0. The van der Waals surface area contributed by atoms with Crippen LogP contribution in [0.4, 0.5) is 5.69 Å². The van der Waals surface area contributed by atoms with E-state index in [1.807, 2.05) is 25.1 Å². The third-order valence-corrected chi connectivity index (χ3v) is 7.72. The second kappa shape index (κ2) is 12.3. The quantitative estimate of drug-likeness (QED) is 0.521. The Morgan fingerprint density at radius 2 is 1.78 bits per heavy atom. The van der Waals surface area contributed by atoms with Crippen molar-refractivity contribution in [1.29, 1.82) is 0 Å². The fraction of sp³-hybridized carbons (Fsp3) is 0.481. The Morgan fingerprint density at radius 1 is 1.08 bits per heavy atom. The molecule has 1 aliphatic carbocycles. The first-order chi connectivity index (χ1) is 17.1. The van der Waals surface area contributed by atoms with E-state index in [4.69, 9.17) is 4.74 Å². The van der Waals surface area contributed by atoms with E-state index in [1.54, 1.807) is 44.4 Å². The highest BCUT2D eigenvalue weighted by Gasteiger charge is 2.31. The second-order valence-corrected chi connectivity index (χ2v) is 11.4. The van der Waals surface area contributed by atoms with Gasteiger partial charge in [-0.1, -0.05) is 43.5 Å². The van der Waals surface area contributed by atoms with Gasteiger partial charge in [0.1, 0.15) is 18.3 Å². The molecule has 0 aromatic heterocycles. The number of aryl methyl sites for hydroxylation is 1. The van der Waals surface area contributed by atoms with E-state index < -0.39 is 28.5 Å². The van der Waals surface area contributed by atoms with Crippen LogP contribution >= 0.6 is 0 Å². The van der Waals surface area contributed by atoms with Gasteiger partial charge >= 0.3 is 0 Å². The van der Waals surface area contributed by atoms with E-state index in [-0.39, 0.29) is 18.5 Å². The number of methoxy groups -OCH3 is 1. The van der Waals surface area contributed by atoms with Crippen molar-refractivity contribution < 1.29 is 22.7 Å². The van der Waals surface area contributed by atoms with Crippen LogP contribution in [0.15, 0.2) is 48.5 Å². The van der Waals surface area contributed by atoms with Crippen molar-refractivity contribution in [2.24, 2.45) is 0 Å². The smallest absolute Gasteiger partial charge is 0.244 e. The zero-order valence-corrected chi connectivity index (χ0v) is 22.4. The van der Waals surface area contributed by atoms with Crippen LogP contribution in [0, 0.1) is 6.92 Å². The van der Waals surface area contributed by atoms with E-state index in [0.717, 1.165) is 47.4 Å². The predicted octanol–water partition coefficient (Wildman–Crippen LogP) is 3.64. The normalized spacial score (nSPS) is 15.1. The first-order valence-corrected chi connectivity index (χ1v) is 14.2. The predicted molar refractivity (Wildman–Crippen MR) is 141 cm³/mol. The van der Waals surface area contributed by atoms with Crippen LogP contribution in [-0.4, -0.2) is 57.1 Å². The molecule has 36 heavy (non-hydrogen) atoms. The summed E-state index contributed by atoms with van der Waals surface area (Å²) in [4.78, 5) is 28.3. The maximum Gasteiger partial charge on any atom is 0.244 e. The molecule has 1 atom stereocenters. The number of nitrogens with one attached hydrogen (secondary N) is 1. The fourth-order valence-corrected chi connectivity index (χ4v) is 5.36. The summed E-state index contributed by atoms with van der Waals surface area (Å²) in [5.41, 5.74) is 2.06. The lowest BCUT2D eigenvalue weighted by atomic mass is 9.95. The largest absolute Gasteiger partial charge is 0.497 e. The summed E-state index contributed by atoms with van der Waals surface area (Å²) in [6.07, 6.45) is 6.25. The minimum atomic E-state index is -3.75. The van der Waals surface area contributed by atoms with Crippen LogP contribution in [0.1, 0.15) is 50.2 Å². The standard InChI is InChI=1S/C27H37N3O5S/c1-20-10-8-14-24(16-20)30(36(4,33)34)19-26(31)29(18-22-11-9-15-25(17-22)35-3)21(2)27(32)28-23-12-6-5-7-13-23/h8-11,14-17,21,23H,5-7,12-13,18-19H2,1-4H3,(H,28,32)/t21-/m0/s1. The number of ether oxygens (including phenoxy) is 1. The first kappa shape index (κ1) is 27.5. The molecular weight excluding hydrogens is 478 g/mol. The number of anilines is 1. The summed E-state index contributed by atoms with van der Waals surface area (Å²) in [7, 11) is -2.19. The summed E-state index contributed by atoms with van der Waals surface area (Å²) in [6.45, 7) is 3.28. The Balaban J connectivity index is 1.88. The zero-order chi connectivity index (χ0) is 26.3. The van der Waals surface area contributed by atoms with E-state index in [2.05, 4.69) is 5.32 Å². The number of hydrogen-bond donors (Lipinski definition) is 1. The lowest BCUT2D eigenvalue weighted by molar-refractivity contribution is -0.139. The molecule has 8 nitrogen and oxygen atoms in total. The van der Waals surface area contributed by atoms with Crippen LogP contribution in [0.5, 0.6) is 5.75 Å². The van der Waals surface area contributed by atoms with Gasteiger partial charge in [-0.25, -0.2) is 8.42 Å². The van der Waals surface area contributed by atoms with Crippen LogP contribution in [0.3, 0.4) is 0 Å². The van der Waals surface area contributed by atoms with Gasteiger partial charge in [0.05, 0.1) is 19.1 Å². The van der Waals surface area contributed by atoms with Crippen molar-refractivity contribution in [2.75, 3.05) is 24.2 Å². The first-order valence-electron chi connectivity index (χ1n) is 12.4. The topological polar surface area (TPSA) is 96.0 Å². The Labute approximate surface area is 214 Å². The monoisotopic (exact) mass is 515 g/mol. The van der Waals surface area contributed by atoms with Gasteiger partial charge in [0, 0.05) is 12.6 Å². The van der Waals surface area contributed by atoms with Crippen LogP contribution in [0.25, 0.3) is 0 Å². The van der Waals surface area contributed by atoms with Gasteiger partial charge in [0.25, 0.3) is 0 Å². The molecule has 0 saturated heterocycles. The highest BCUT2D eigenvalue weighted by Crippen LogP contribution is 2.22. The number of rotatable bonds is 10. The van der Waals surface area contributed by atoms with Gasteiger partial charge in [-0.3, -0.25) is 13.9 Å². The lowest BCUT2D eigenvalue weighted by Crippen LogP contribution is -2.52. The van der Waals surface area contributed by atoms with Crippen molar-refractivity contribution >= 4 is 27.5 Å². The van der Waals surface area contributed by atoms with Crippen molar-refractivity contribution in [2.45, 2.75) is 64.6 Å². The summed E-state index contributed by atoms with van der Waals surface area (Å²) in [5, 5.41) is 3.10. The molecule has 9 heteroatoms. The fourth-order valence-electron chi connectivity index (χ4n) is 4.52. The van der Waals surface area contributed by atoms with E-state index in [9.17, 15) is 18.0 Å². The highest BCUT2D eigenvalue weighted by atomic mass is 32.2. The number of carbonyl (C=O) groups is 2. The molecule has 1 N–H and O–H groups in total. The summed E-state index contributed by atoms with van der Waals surface area (Å²) in [6, 6.07) is 13.6. The average Bonchev–Trinajstić information content (AvgIpc) is 2.85. The zero-order valence-electron chi connectivity index (χ0n) is 21.6. The van der Waals surface area contributed by atoms with E-state index in [1.165, 1.54) is 11.3 Å². The molecular formula is C27H37N3O5S. The van der Waals surface area contributed by atoms with Gasteiger partial charge in [-0.15, -0.1) is 0 Å². The van der Waals surface area contributed by atoms with Gasteiger partial charge in [-0.05, 0) is 62.1 Å². The van der Waals surface area contributed by atoms with Crippen molar-refractivity contribution in [3.63, 3.8) is 0 Å². The third kappa shape index (κ3) is 7.46. The van der Waals surface area contributed by atoms with Gasteiger partial charge in [0.15, 0.2) is 0 Å². The maximum absolute atomic E-state index is 13.7. The lowest BCUT2D eigenvalue weighted by Gasteiger charge is -2.33. The number of hydrogen-bond acceptors (Lipinski definition) is 5. The minimum absolute atomic E-state index is 0.0993. The minimum Gasteiger partial charge on any atom is -0.497 e. The molecule has 1 fully saturated rings. The van der Waals surface area contributed by atoms with Gasteiger partial charge in [0.2, 0.25) is 21.8 Å². The molecule has 1 saturated carbocycles. The van der Waals surface area contributed by atoms with Crippen LogP contribution < -0.4 is 14.4 Å². The molecule has 0 spiro atoms. The Kier molecular flexibility index (Phi) is 9.37. The van der Waals surface area contributed by atoms with E-state index >= 15 is 0 Å². The number of sulfonamides is 1. The molecule has 0 aliphatic heterocycles. The molecule has 3 rings (SSSR count). The molecule has 2 aromatic rings. The van der Waals surface area contributed by atoms with Gasteiger partial charge in [-0.2, -0.15) is 0 Å².